The van der Waals surface area contributed by atoms with Crippen LogP contribution in [0.5, 0.6) is 0 Å². The molecule has 1 amide bonds. The van der Waals surface area contributed by atoms with Gasteiger partial charge in [0.05, 0.1) is 6.04 Å². The summed E-state index contributed by atoms with van der Waals surface area (Å²) in [5.74, 6) is -0.617. The summed E-state index contributed by atoms with van der Waals surface area (Å²) >= 11 is 0. The van der Waals surface area contributed by atoms with Gasteiger partial charge < -0.3 is 19.5 Å². The van der Waals surface area contributed by atoms with Gasteiger partial charge in [0.15, 0.2) is 5.79 Å². The van der Waals surface area contributed by atoms with Gasteiger partial charge in [0.1, 0.15) is 18.8 Å². The van der Waals surface area contributed by atoms with Crippen LogP contribution in [0.1, 0.15) is 19.4 Å². The molecule has 3 atom stereocenters. The summed E-state index contributed by atoms with van der Waals surface area (Å²) in [6, 6.07) is 9.34. The molecule has 21 heavy (non-hydrogen) atoms. The molecule has 1 aliphatic carbocycles. The van der Waals surface area contributed by atoms with Crippen LogP contribution in [-0.2, 0) is 20.8 Å². The topological polar surface area (TPSA) is 56.8 Å². The molecule has 0 saturated carbocycles. The summed E-state index contributed by atoms with van der Waals surface area (Å²) in [6.07, 6.45) is 3.04. The lowest BCUT2D eigenvalue weighted by Gasteiger charge is -2.21. The van der Waals surface area contributed by atoms with Gasteiger partial charge in [-0.3, -0.25) is 0 Å². The summed E-state index contributed by atoms with van der Waals surface area (Å²) in [6.45, 7) is 3.98. The molecule has 5 nitrogen and oxygen atoms in total. The fraction of sp³-hybridized carbons (Fsp3) is 0.438. The fourth-order valence-corrected chi connectivity index (χ4v) is 2.61. The Bertz CT molecular complexity index is 540. The van der Waals surface area contributed by atoms with E-state index >= 15 is 0 Å². The first-order chi connectivity index (χ1) is 10.0. The second-order valence-corrected chi connectivity index (χ2v) is 5.68. The fourth-order valence-electron chi connectivity index (χ4n) is 2.61. The van der Waals surface area contributed by atoms with Crippen LogP contribution in [0, 0.1) is 0 Å². The van der Waals surface area contributed by atoms with Crippen molar-refractivity contribution >= 4 is 6.09 Å². The van der Waals surface area contributed by atoms with Gasteiger partial charge in [0.2, 0.25) is 0 Å². The Kier molecular flexibility index (Phi) is 3.69. The highest BCUT2D eigenvalue weighted by molar-refractivity contribution is 5.68. The average Bonchev–Trinajstić information content (AvgIpc) is 2.94. The zero-order valence-corrected chi connectivity index (χ0v) is 12.1. The Hall–Kier alpha value is -1.85. The molecule has 0 unspecified atom stereocenters. The maximum absolute atomic E-state index is 11.9. The molecule has 0 spiro atoms. The first kappa shape index (κ1) is 14.1. The van der Waals surface area contributed by atoms with Gasteiger partial charge in [-0.25, -0.2) is 4.79 Å². The molecule has 0 radical (unpaired) electrons. The van der Waals surface area contributed by atoms with E-state index in [9.17, 15) is 4.79 Å². The molecule has 3 rings (SSSR count). The van der Waals surface area contributed by atoms with Crippen molar-refractivity contribution in [1.29, 1.82) is 0 Å². The number of amides is 1. The van der Waals surface area contributed by atoms with Crippen molar-refractivity contribution in [2.75, 3.05) is 0 Å². The Balaban J connectivity index is 1.51. The van der Waals surface area contributed by atoms with E-state index < -0.39 is 11.9 Å². The van der Waals surface area contributed by atoms with Crippen LogP contribution in [0.2, 0.25) is 0 Å². The van der Waals surface area contributed by atoms with Gasteiger partial charge >= 0.3 is 6.09 Å². The largest absolute Gasteiger partial charge is 0.445 e. The number of carbonyl (C=O) groups excluding carboxylic acids is 1. The SMILES string of the molecule is CC1(C)O[C@H]2[C@H](NC(=O)OCc3ccccc3)C=C[C@H]2O1. The van der Waals surface area contributed by atoms with Crippen molar-refractivity contribution < 1.29 is 19.0 Å². The van der Waals surface area contributed by atoms with Crippen LogP contribution in [-0.4, -0.2) is 30.1 Å². The smallest absolute Gasteiger partial charge is 0.408 e. The first-order valence-corrected chi connectivity index (χ1v) is 7.05. The summed E-state index contributed by atoms with van der Waals surface area (Å²) in [4.78, 5) is 11.9. The van der Waals surface area contributed by atoms with E-state index in [-0.39, 0.29) is 24.9 Å². The van der Waals surface area contributed by atoms with E-state index in [1.54, 1.807) is 0 Å². The normalized spacial score (nSPS) is 29.1. The third-order valence-corrected chi connectivity index (χ3v) is 3.52. The third-order valence-electron chi connectivity index (χ3n) is 3.52. The highest BCUT2D eigenvalue weighted by atomic mass is 16.8. The van der Waals surface area contributed by atoms with Crippen LogP contribution in [0.3, 0.4) is 0 Å². The second kappa shape index (κ2) is 5.50. The number of benzene rings is 1. The van der Waals surface area contributed by atoms with E-state index in [4.69, 9.17) is 14.2 Å². The van der Waals surface area contributed by atoms with E-state index in [2.05, 4.69) is 5.32 Å². The number of ether oxygens (including phenoxy) is 3. The molecule has 1 aromatic carbocycles. The minimum atomic E-state index is -0.617. The lowest BCUT2D eigenvalue weighted by atomic mass is 10.2. The minimum Gasteiger partial charge on any atom is -0.445 e. The van der Waals surface area contributed by atoms with Crippen molar-refractivity contribution in [2.45, 2.75) is 44.5 Å². The number of rotatable bonds is 3. The van der Waals surface area contributed by atoms with Gasteiger partial charge in [0.25, 0.3) is 0 Å². The van der Waals surface area contributed by atoms with Crippen LogP contribution >= 0.6 is 0 Å². The summed E-state index contributed by atoms with van der Waals surface area (Å²) in [7, 11) is 0. The van der Waals surface area contributed by atoms with Crippen LogP contribution < -0.4 is 5.32 Å². The second-order valence-electron chi connectivity index (χ2n) is 5.68. The van der Waals surface area contributed by atoms with Gasteiger partial charge in [-0.05, 0) is 19.4 Å². The molecular weight excluding hydrogens is 270 g/mol. The molecule has 1 heterocycles. The number of nitrogens with one attached hydrogen (secondary N) is 1. The van der Waals surface area contributed by atoms with Crippen molar-refractivity contribution in [2.24, 2.45) is 0 Å². The molecule has 112 valence electrons. The average molecular weight is 289 g/mol. The molecule has 1 fully saturated rings. The number of hydrogen-bond acceptors (Lipinski definition) is 4. The Labute approximate surface area is 123 Å². The highest BCUT2D eigenvalue weighted by Gasteiger charge is 2.46. The maximum atomic E-state index is 11.9. The molecule has 1 aromatic rings. The number of fused-ring (bicyclic) bond motifs is 1. The van der Waals surface area contributed by atoms with Crippen LogP contribution in [0.15, 0.2) is 42.5 Å². The zero-order valence-electron chi connectivity index (χ0n) is 12.1. The summed E-state index contributed by atoms with van der Waals surface area (Å²) < 4.78 is 16.7. The van der Waals surface area contributed by atoms with Gasteiger partial charge in [-0.2, -0.15) is 0 Å². The lowest BCUT2D eigenvalue weighted by Crippen LogP contribution is -2.43. The standard InChI is InChI=1S/C16H19NO4/c1-16(2)20-13-9-8-12(14(13)21-16)17-15(18)19-10-11-6-4-3-5-7-11/h3-9,12-14H,10H2,1-2H3,(H,17,18)/t12-,13-,14+/m1/s1. The molecule has 2 aliphatic rings. The molecule has 0 bridgehead atoms. The summed E-state index contributed by atoms with van der Waals surface area (Å²) in [5.41, 5.74) is 0.953. The predicted molar refractivity (Wildman–Crippen MR) is 76.5 cm³/mol. The zero-order chi connectivity index (χ0) is 14.9. The van der Waals surface area contributed by atoms with Crippen molar-refractivity contribution in [3.63, 3.8) is 0 Å². The molecule has 5 heteroatoms. The number of hydrogen-bond donors (Lipinski definition) is 1. The number of alkyl carbamates (subject to hydrolysis) is 1. The van der Waals surface area contributed by atoms with Gasteiger partial charge in [0, 0.05) is 0 Å². The monoisotopic (exact) mass is 289 g/mol. The number of carbonyl (C=O) groups is 1. The lowest BCUT2D eigenvalue weighted by molar-refractivity contribution is -0.145. The molecule has 0 aromatic heterocycles. The maximum Gasteiger partial charge on any atom is 0.408 e. The Morgan fingerprint density at radius 1 is 1.24 bits per heavy atom. The van der Waals surface area contributed by atoms with Crippen molar-refractivity contribution in [3.05, 3.63) is 48.0 Å². The molecular formula is C16H19NO4. The first-order valence-electron chi connectivity index (χ1n) is 7.05. The molecule has 1 N–H and O–H groups in total. The van der Waals surface area contributed by atoms with E-state index in [1.807, 2.05) is 56.3 Å². The van der Waals surface area contributed by atoms with E-state index in [0.29, 0.717) is 0 Å². The third kappa shape index (κ3) is 3.25. The van der Waals surface area contributed by atoms with E-state index in [0.717, 1.165) is 5.56 Å². The predicted octanol–water partition coefficient (Wildman–Crippen LogP) is 2.37. The quantitative estimate of drug-likeness (QED) is 0.868. The van der Waals surface area contributed by atoms with Gasteiger partial charge in [-0.1, -0.05) is 42.5 Å². The molecule has 1 aliphatic heterocycles. The Morgan fingerprint density at radius 2 is 2.00 bits per heavy atom. The van der Waals surface area contributed by atoms with Crippen LogP contribution in [0.4, 0.5) is 4.79 Å². The molecule has 1 saturated heterocycles. The van der Waals surface area contributed by atoms with Crippen molar-refractivity contribution in [3.8, 4) is 0 Å². The minimum absolute atomic E-state index is 0.112. The summed E-state index contributed by atoms with van der Waals surface area (Å²) in [5, 5.41) is 2.81. The van der Waals surface area contributed by atoms with Crippen LogP contribution in [0.25, 0.3) is 0 Å². The van der Waals surface area contributed by atoms with E-state index in [1.165, 1.54) is 0 Å². The highest BCUT2D eigenvalue weighted by Crippen LogP contribution is 2.34. The van der Waals surface area contributed by atoms with Crippen molar-refractivity contribution in [1.82, 2.24) is 5.32 Å². The Morgan fingerprint density at radius 3 is 2.76 bits per heavy atom. The van der Waals surface area contributed by atoms with Gasteiger partial charge in [-0.15, -0.1) is 0 Å².